The van der Waals surface area contributed by atoms with E-state index in [1.54, 1.807) is 0 Å². The summed E-state index contributed by atoms with van der Waals surface area (Å²) >= 11 is 6.70. The van der Waals surface area contributed by atoms with Gasteiger partial charge in [-0.2, -0.15) is 10.5 Å². The first-order chi connectivity index (χ1) is 9.49. The molecule has 100 valence electrons. The van der Waals surface area contributed by atoms with E-state index in [0.717, 1.165) is 16.8 Å². The SMILES string of the molecule is Cc1cccc(C2=C(C#N)C(=S)SC(C)(CC#N)N2)c1. The summed E-state index contributed by atoms with van der Waals surface area (Å²) in [5, 5.41) is 21.6. The van der Waals surface area contributed by atoms with Crippen LogP contribution in [-0.2, 0) is 0 Å². The zero-order valence-corrected chi connectivity index (χ0v) is 12.9. The normalized spacial score (nSPS) is 21.9. The van der Waals surface area contributed by atoms with Crippen LogP contribution in [0, 0.1) is 29.6 Å². The fraction of sp³-hybridized carbons (Fsp3) is 0.267. The molecular weight excluding hydrogens is 286 g/mol. The van der Waals surface area contributed by atoms with Crippen molar-refractivity contribution in [2.45, 2.75) is 25.1 Å². The molecule has 1 heterocycles. The molecule has 1 aromatic rings. The van der Waals surface area contributed by atoms with Gasteiger partial charge in [-0.25, -0.2) is 0 Å². The molecule has 0 aliphatic carbocycles. The fourth-order valence-corrected chi connectivity index (χ4v) is 3.71. The third-order valence-electron chi connectivity index (χ3n) is 3.00. The van der Waals surface area contributed by atoms with Crippen molar-refractivity contribution in [1.82, 2.24) is 5.32 Å². The summed E-state index contributed by atoms with van der Waals surface area (Å²) in [6, 6.07) is 12.2. The van der Waals surface area contributed by atoms with Crippen LogP contribution in [0.5, 0.6) is 0 Å². The molecule has 1 aliphatic heterocycles. The molecule has 0 bridgehead atoms. The summed E-state index contributed by atoms with van der Waals surface area (Å²) in [5.41, 5.74) is 3.23. The summed E-state index contributed by atoms with van der Waals surface area (Å²) in [7, 11) is 0. The predicted octanol–water partition coefficient (Wildman–Crippen LogP) is 3.52. The lowest BCUT2D eigenvalue weighted by Crippen LogP contribution is -2.42. The van der Waals surface area contributed by atoms with E-state index < -0.39 is 4.87 Å². The van der Waals surface area contributed by atoms with Gasteiger partial charge in [-0.1, -0.05) is 47.7 Å². The highest BCUT2D eigenvalue weighted by molar-refractivity contribution is 8.24. The summed E-state index contributed by atoms with van der Waals surface area (Å²) in [4.78, 5) is -0.495. The fourth-order valence-electron chi connectivity index (χ4n) is 2.06. The Morgan fingerprint density at radius 1 is 1.40 bits per heavy atom. The van der Waals surface area contributed by atoms with Gasteiger partial charge in [0, 0.05) is 0 Å². The van der Waals surface area contributed by atoms with Crippen LogP contribution in [0.4, 0.5) is 0 Å². The Kier molecular flexibility index (Phi) is 4.13. The minimum atomic E-state index is -0.495. The topological polar surface area (TPSA) is 59.6 Å². The van der Waals surface area contributed by atoms with Crippen molar-refractivity contribution in [3.8, 4) is 12.1 Å². The van der Waals surface area contributed by atoms with Gasteiger partial charge < -0.3 is 5.32 Å². The van der Waals surface area contributed by atoms with Crippen LogP contribution in [-0.4, -0.2) is 9.07 Å². The number of hydrogen-bond donors (Lipinski definition) is 1. The van der Waals surface area contributed by atoms with Gasteiger partial charge in [0.2, 0.25) is 0 Å². The average molecular weight is 299 g/mol. The second kappa shape index (κ2) is 5.66. The maximum absolute atomic E-state index is 9.35. The summed E-state index contributed by atoms with van der Waals surface area (Å²) < 4.78 is 0.542. The van der Waals surface area contributed by atoms with Crippen molar-refractivity contribution >= 4 is 33.9 Å². The molecule has 0 aromatic heterocycles. The molecule has 0 spiro atoms. The van der Waals surface area contributed by atoms with Crippen LogP contribution in [0.2, 0.25) is 0 Å². The molecule has 0 saturated carbocycles. The van der Waals surface area contributed by atoms with Crippen LogP contribution in [0.1, 0.15) is 24.5 Å². The third-order valence-corrected chi connectivity index (χ3v) is 4.54. The standard InChI is InChI=1S/C15H13N3S2/c1-10-4-3-5-11(8-10)13-12(9-17)14(19)20-15(2,18-13)6-7-16/h3-5,8,18H,6H2,1-2H3. The number of nitrogens with one attached hydrogen (secondary N) is 1. The number of benzene rings is 1. The molecule has 5 heteroatoms. The van der Waals surface area contributed by atoms with Crippen molar-refractivity contribution in [1.29, 1.82) is 10.5 Å². The Balaban J connectivity index is 2.54. The number of nitrogens with zero attached hydrogens (tertiary/aromatic N) is 2. The van der Waals surface area contributed by atoms with Crippen molar-refractivity contribution < 1.29 is 0 Å². The lowest BCUT2D eigenvalue weighted by atomic mass is 10.0. The Morgan fingerprint density at radius 2 is 2.15 bits per heavy atom. The summed E-state index contributed by atoms with van der Waals surface area (Å²) in [6.45, 7) is 3.93. The van der Waals surface area contributed by atoms with Gasteiger partial charge in [0.25, 0.3) is 0 Å². The second-order valence-electron chi connectivity index (χ2n) is 4.81. The molecule has 0 radical (unpaired) electrons. The van der Waals surface area contributed by atoms with Crippen LogP contribution in [0.25, 0.3) is 5.70 Å². The number of thioether (sulfide) groups is 1. The minimum Gasteiger partial charge on any atom is -0.368 e. The van der Waals surface area contributed by atoms with Crippen molar-refractivity contribution in [2.75, 3.05) is 0 Å². The number of rotatable bonds is 2. The van der Waals surface area contributed by atoms with Crippen LogP contribution < -0.4 is 5.32 Å². The number of hydrogen-bond acceptors (Lipinski definition) is 5. The van der Waals surface area contributed by atoms with Crippen LogP contribution in [0.15, 0.2) is 29.8 Å². The van der Waals surface area contributed by atoms with E-state index in [0.29, 0.717) is 16.2 Å². The molecule has 0 saturated heterocycles. The molecule has 2 rings (SSSR count). The maximum atomic E-state index is 9.35. The molecule has 20 heavy (non-hydrogen) atoms. The van der Waals surface area contributed by atoms with E-state index in [9.17, 15) is 5.26 Å². The maximum Gasteiger partial charge on any atom is 0.103 e. The lowest BCUT2D eigenvalue weighted by molar-refractivity contribution is 0.606. The summed E-state index contributed by atoms with van der Waals surface area (Å²) in [5.74, 6) is 0. The molecule has 1 atom stereocenters. The molecule has 1 N–H and O–H groups in total. The molecular formula is C15H13N3S2. The minimum absolute atomic E-state index is 0.311. The zero-order valence-electron chi connectivity index (χ0n) is 11.2. The highest BCUT2D eigenvalue weighted by atomic mass is 32.2. The van der Waals surface area contributed by atoms with Gasteiger partial charge in [0.05, 0.1) is 27.3 Å². The molecule has 3 nitrogen and oxygen atoms in total. The van der Waals surface area contributed by atoms with E-state index in [-0.39, 0.29) is 0 Å². The van der Waals surface area contributed by atoms with Gasteiger partial charge >= 0.3 is 0 Å². The first-order valence-corrected chi connectivity index (χ1v) is 7.31. The van der Waals surface area contributed by atoms with Crippen molar-refractivity contribution in [3.05, 3.63) is 41.0 Å². The van der Waals surface area contributed by atoms with Gasteiger partial charge in [-0.15, -0.1) is 0 Å². The van der Waals surface area contributed by atoms with Gasteiger partial charge in [-0.3, -0.25) is 0 Å². The van der Waals surface area contributed by atoms with Gasteiger partial charge in [0.15, 0.2) is 0 Å². The Hall–Kier alpha value is -1.82. The third kappa shape index (κ3) is 2.85. The molecule has 1 aliphatic rings. The largest absolute Gasteiger partial charge is 0.368 e. The lowest BCUT2D eigenvalue weighted by Gasteiger charge is -2.35. The first-order valence-electron chi connectivity index (χ1n) is 6.09. The van der Waals surface area contributed by atoms with Crippen molar-refractivity contribution in [3.63, 3.8) is 0 Å². The first kappa shape index (κ1) is 14.6. The number of aryl methyl sites for hydroxylation is 1. The molecule has 0 fully saturated rings. The van der Waals surface area contributed by atoms with E-state index in [1.807, 2.05) is 38.1 Å². The zero-order chi connectivity index (χ0) is 14.8. The predicted molar refractivity (Wildman–Crippen MR) is 85.7 cm³/mol. The number of thiocarbonyl (C=S) groups is 1. The quantitative estimate of drug-likeness (QED) is 0.847. The van der Waals surface area contributed by atoms with Gasteiger partial charge in [0.1, 0.15) is 11.6 Å². The highest BCUT2D eigenvalue weighted by Crippen LogP contribution is 2.38. The number of nitriles is 2. The smallest absolute Gasteiger partial charge is 0.103 e. The van der Waals surface area contributed by atoms with Crippen molar-refractivity contribution in [2.24, 2.45) is 0 Å². The van der Waals surface area contributed by atoms with Crippen LogP contribution >= 0.6 is 24.0 Å². The Bertz CT molecular complexity index is 679. The van der Waals surface area contributed by atoms with Gasteiger partial charge in [-0.05, 0) is 25.5 Å². The second-order valence-corrected chi connectivity index (χ2v) is 6.99. The van der Waals surface area contributed by atoms with E-state index in [4.69, 9.17) is 17.5 Å². The molecule has 0 amide bonds. The Labute approximate surface area is 128 Å². The highest BCUT2D eigenvalue weighted by Gasteiger charge is 2.35. The van der Waals surface area contributed by atoms with E-state index >= 15 is 0 Å². The molecule has 1 unspecified atom stereocenters. The average Bonchev–Trinajstić information content (AvgIpc) is 2.38. The van der Waals surface area contributed by atoms with E-state index in [1.165, 1.54) is 11.8 Å². The van der Waals surface area contributed by atoms with E-state index in [2.05, 4.69) is 17.5 Å². The van der Waals surface area contributed by atoms with Crippen LogP contribution in [0.3, 0.4) is 0 Å². The molecule has 1 aromatic carbocycles. The summed E-state index contributed by atoms with van der Waals surface area (Å²) in [6.07, 6.45) is 0.311. The monoisotopic (exact) mass is 299 g/mol. The Morgan fingerprint density at radius 3 is 2.75 bits per heavy atom.